The Morgan fingerprint density at radius 3 is 2.36 bits per heavy atom. The average Bonchev–Trinajstić information content (AvgIpc) is 3.10. The predicted molar refractivity (Wildman–Crippen MR) is 124 cm³/mol. The van der Waals surface area contributed by atoms with Crippen LogP contribution in [0.4, 0.5) is 5.69 Å². The first-order chi connectivity index (χ1) is 15.9. The molecule has 1 amide bonds. The molecule has 0 aliphatic carbocycles. The fourth-order valence-corrected chi connectivity index (χ4v) is 3.97. The number of ether oxygens (including phenoxy) is 2. The minimum Gasteiger partial charge on any atom is -0.507 e. The van der Waals surface area contributed by atoms with Crippen LogP contribution in [0.3, 0.4) is 0 Å². The molecule has 1 unspecified atom stereocenters. The van der Waals surface area contributed by atoms with Gasteiger partial charge in [-0.3, -0.25) is 19.5 Å². The zero-order valence-electron chi connectivity index (χ0n) is 18.8. The number of aliphatic hydroxyl groups excluding tert-OH is 1. The first-order valence-electron chi connectivity index (χ1n) is 10.4. The van der Waals surface area contributed by atoms with Crippen LogP contribution in [0, 0.1) is 13.8 Å². The number of aromatic nitrogens is 1. The standard InChI is InChI=1S/C26H24N2O5/c1-15-7-9-19(12-16(15)2)28-23(18-6-5-11-27-14-18)22(25(30)26(28)31)24(29)17-8-10-20(32-3)21(13-17)33-4/h5-14,23,29H,1-4H3/b24-22+. The van der Waals surface area contributed by atoms with Crippen LogP contribution in [-0.4, -0.2) is 36.0 Å². The maximum atomic E-state index is 13.2. The second-order valence-corrected chi connectivity index (χ2v) is 7.79. The molecule has 1 N–H and O–H groups in total. The first kappa shape index (κ1) is 22.1. The normalized spacial score (nSPS) is 17.3. The van der Waals surface area contributed by atoms with Crippen LogP contribution in [-0.2, 0) is 9.59 Å². The van der Waals surface area contributed by atoms with Crippen molar-refractivity contribution in [1.29, 1.82) is 0 Å². The molecule has 1 aromatic heterocycles. The van der Waals surface area contributed by atoms with Gasteiger partial charge in [-0.1, -0.05) is 12.1 Å². The Balaban J connectivity index is 1.94. The topological polar surface area (TPSA) is 89.0 Å². The van der Waals surface area contributed by atoms with Crippen molar-refractivity contribution in [2.75, 3.05) is 19.1 Å². The lowest BCUT2D eigenvalue weighted by molar-refractivity contribution is -0.132. The van der Waals surface area contributed by atoms with E-state index in [1.165, 1.54) is 19.1 Å². The van der Waals surface area contributed by atoms with E-state index in [0.29, 0.717) is 28.3 Å². The molecular formula is C26H24N2O5. The van der Waals surface area contributed by atoms with Crippen LogP contribution >= 0.6 is 0 Å². The summed E-state index contributed by atoms with van der Waals surface area (Å²) in [7, 11) is 2.99. The zero-order valence-corrected chi connectivity index (χ0v) is 18.8. The Kier molecular flexibility index (Phi) is 5.87. The maximum Gasteiger partial charge on any atom is 0.300 e. The third-order valence-electron chi connectivity index (χ3n) is 5.87. The molecular weight excluding hydrogens is 420 g/mol. The molecule has 0 spiro atoms. The SMILES string of the molecule is COc1ccc(/C(O)=C2\C(=O)C(=O)N(c3ccc(C)c(C)c3)C2c2cccnc2)cc1OC. The molecule has 0 bridgehead atoms. The van der Waals surface area contributed by atoms with Crippen molar-refractivity contribution in [2.24, 2.45) is 0 Å². The van der Waals surface area contributed by atoms with Crippen LogP contribution in [0.2, 0.25) is 0 Å². The number of Topliss-reactive ketones (excluding diaryl/α,β-unsaturated/α-hetero) is 1. The lowest BCUT2D eigenvalue weighted by Crippen LogP contribution is -2.29. The van der Waals surface area contributed by atoms with Gasteiger partial charge in [0, 0.05) is 23.6 Å². The second-order valence-electron chi connectivity index (χ2n) is 7.79. The number of carbonyl (C=O) groups is 2. The van der Waals surface area contributed by atoms with Crippen molar-refractivity contribution < 1.29 is 24.2 Å². The predicted octanol–water partition coefficient (Wildman–Crippen LogP) is 4.34. The lowest BCUT2D eigenvalue weighted by Gasteiger charge is -2.25. The summed E-state index contributed by atoms with van der Waals surface area (Å²) in [5.41, 5.74) is 3.55. The van der Waals surface area contributed by atoms with Crippen molar-refractivity contribution in [1.82, 2.24) is 4.98 Å². The largest absolute Gasteiger partial charge is 0.507 e. The van der Waals surface area contributed by atoms with E-state index in [1.807, 2.05) is 26.0 Å². The molecule has 1 saturated heterocycles. The summed E-state index contributed by atoms with van der Waals surface area (Å²) >= 11 is 0. The van der Waals surface area contributed by atoms with Crippen LogP contribution in [0.25, 0.3) is 5.76 Å². The van der Waals surface area contributed by atoms with Gasteiger partial charge in [0.2, 0.25) is 0 Å². The number of benzene rings is 2. The average molecular weight is 444 g/mol. The lowest BCUT2D eigenvalue weighted by atomic mass is 9.96. The molecule has 3 aromatic rings. The van der Waals surface area contributed by atoms with Gasteiger partial charge in [0.25, 0.3) is 11.7 Å². The maximum absolute atomic E-state index is 13.2. The van der Waals surface area contributed by atoms with Gasteiger partial charge >= 0.3 is 0 Å². The molecule has 168 valence electrons. The number of nitrogens with zero attached hydrogens (tertiary/aromatic N) is 2. The van der Waals surface area contributed by atoms with E-state index in [9.17, 15) is 14.7 Å². The van der Waals surface area contributed by atoms with Crippen LogP contribution in [0.1, 0.15) is 28.3 Å². The number of hydrogen-bond donors (Lipinski definition) is 1. The van der Waals surface area contributed by atoms with Crippen LogP contribution < -0.4 is 14.4 Å². The monoisotopic (exact) mass is 444 g/mol. The molecule has 2 heterocycles. The van der Waals surface area contributed by atoms with E-state index in [2.05, 4.69) is 4.98 Å². The van der Waals surface area contributed by atoms with Crippen molar-refractivity contribution in [2.45, 2.75) is 19.9 Å². The highest BCUT2D eigenvalue weighted by molar-refractivity contribution is 6.51. The van der Waals surface area contributed by atoms with Gasteiger partial charge in [0.15, 0.2) is 11.5 Å². The fraction of sp³-hybridized carbons (Fsp3) is 0.192. The highest BCUT2D eigenvalue weighted by Crippen LogP contribution is 2.43. The summed E-state index contributed by atoms with van der Waals surface area (Å²) in [5.74, 6) is -0.908. The Hall–Kier alpha value is -4.13. The third kappa shape index (κ3) is 3.82. The van der Waals surface area contributed by atoms with Crippen molar-refractivity contribution in [3.05, 3.63) is 88.8 Å². The summed E-state index contributed by atoms with van der Waals surface area (Å²) in [5, 5.41) is 11.3. The first-order valence-corrected chi connectivity index (χ1v) is 10.4. The van der Waals surface area contributed by atoms with Gasteiger partial charge in [-0.2, -0.15) is 0 Å². The van der Waals surface area contributed by atoms with E-state index in [4.69, 9.17) is 9.47 Å². The number of pyridine rings is 1. The minimum atomic E-state index is -0.839. The molecule has 1 atom stereocenters. The molecule has 4 rings (SSSR count). The third-order valence-corrected chi connectivity index (χ3v) is 5.87. The Morgan fingerprint density at radius 1 is 0.970 bits per heavy atom. The molecule has 7 heteroatoms. The minimum absolute atomic E-state index is 0.0153. The number of methoxy groups -OCH3 is 2. The van der Waals surface area contributed by atoms with Gasteiger partial charge in [0.1, 0.15) is 5.76 Å². The number of ketones is 1. The number of amides is 1. The Morgan fingerprint density at radius 2 is 1.73 bits per heavy atom. The quantitative estimate of drug-likeness (QED) is 0.358. The van der Waals surface area contributed by atoms with Crippen LogP contribution in [0.5, 0.6) is 11.5 Å². The molecule has 0 saturated carbocycles. The number of rotatable bonds is 5. The van der Waals surface area contributed by atoms with Gasteiger partial charge in [-0.15, -0.1) is 0 Å². The zero-order chi connectivity index (χ0) is 23.7. The number of hydrogen-bond acceptors (Lipinski definition) is 6. The van der Waals surface area contributed by atoms with Crippen molar-refractivity contribution in [3.63, 3.8) is 0 Å². The summed E-state index contributed by atoms with van der Waals surface area (Å²) in [6.45, 7) is 3.92. The summed E-state index contributed by atoms with van der Waals surface area (Å²) in [4.78, 5) is 32.0. The van der Waals surface area contributed by atoms with Crippen molar-refractivity contribution in [3.8, 4) is 11.5 Å². The fourth-order valence-electron chi connectivity index (χ4n) is 3.97. The van der Waals surface area contributed by atoms with E-state index in [0.717, 1.165) is 11.1 Å². The van der Waals surface area contributed by atoms with Gasteiger partial charge < -0.3 is 14.6 Å². The number of aryl methyl sites for hydroxylation is 2. The van der Waals surface area contributed by atoms with Crippen molar-refractivity contribution >= 4 is 23.1 Å². The molecule has 1 aliphatic rings. The highest BCUT2D eigenvalue weighted by atomic mass is 16.5. The molecule has 1 fully saturated rings. The van der Waals surface area contributed by atoms with E-state index in [1.54, 1.807) is 48.8 Å². The molecule has 2 aromatic carbocycles. The smallest absolute Gasteiger partial charge is 0.300 e. The molecule has 7 nitrogen and oxygen atoms in total. The van der Waals surface area contributed by atoms with Gasteiger partial charge in [0.05, 0.1) is 25.8 Å². The van der Waals surface area contributed by atoms with E-state index < -0.39 is 17.7 Å². The summed E-state index contributed by atoms with van der Waals surface area (Å²) < 4.78 is 10.6. The Bertz CT molecular complexity index is 1270. The highest BCUT2D eigenvalue weighted by Gasteiger charge is 2.47. The van der Waals surface area contributed by atoms with Gasteiger partial charge in [-0.25, -0.2) is 0 Å². The van der Waals surface area contributed by atoms with Crippen LogP contribution in [0.15, 0.2) is 66.5 Å². The van der Waals surface area contributed by atoms with Gasteiger partial charge in [-0.05, 0) is 66.9 Å². The Labute approximate surface area is 191 Å². The number of aliphatic hydroxyl groups is 1. The van der Waals surface area contributed by atoms with E-state index >= 15 is 0 Å². The summed E-state index contributed by atoms with van der Waals surface area (Å²) in [6, 6.07) is 13.0. The second kappa shape index (κ2) is 8.78. The number of carbonyl (C=O) groups excluding carboxylic acids is 2. The molecule has 0 radical (unpaired) electrons. The number of anilines is 1. The van der Waals surface area contributed by atoms with E-state index in [-0.39, 0.29) is 11.3 Å². The summed E-state index contributed by atoms with van der Waals surface area (Å²) in [6.07, 6.45) is 3.20. The molecule has 1 aliphatic heterocycles. The molecule has 33 heavy (non-hydrogen) atoms.